The van der Waals surface area contributed by atoms with Crippen LogP contribution < -0.4 is 16.8 Å². The lowest BCUT2D eigenvalue weighted by atomic mass is 9.83. The summed E-state index contributed by atoms with van der Waals surface area (Å²) in [6, 6.07) is -0.0424. The number of likely N-dealkylation sites (N-methyl/N-ethyl adjacent to an activating group) is 1. The highest BCUT2D eigenvalue weighted by molar-refractivity contribution is 5.73. The highest BCUT2D eigenvalue weighted by Gasteiger charge is 2.22. The molecule has 1 aliphatic carbocycles. The molecule has 242 valence electrons. The molecular weight excluding hydrogens is 512 g/mol. The van der Waals surface area contributed by atoms with Gasteiger partial charge in [0.2, 0.25) is 0 Å². The van der Waals surface area contributed by atoms with Crippen LogP contribution in [0.2, 0.25) is 0 Å². The average molecular weight is 579 g/mol. The summed E-state index contributed by atoms with van der Waals surface area (Å²) < 4.78 is 0. The number of hydrogen-bond donors (Lipinski definition) is 6. The number of rotatable bonds is 15. The van der Waals surface area contributed by atoms with Gasteiger partial charge in [-0.25, -0.2) is 0 Å². The minimum atomic E-state index is -0.745. The molecule has 10 heteroatoms. The van der Waals surface area contributed by atoms with Crippen LogP contribution in [0.1, 0.15) is 126 Å². The summed E-state index contributed by atoms with van der Waals surface area (Å²) >= 11 is 0. The van der Waals surface area contributed by atoms with Crippen molar-refractivity contribution in [1.29, 1.82) is 0 Å². The fourth-order valence-electron chi connectivity index (χ4n) is 3.33. The standard InChI is InChI=1S/C17H35N3O2.C4H10.C3H9N.2C3H6O2/c1-3-12-20(4-2)13-11-19-16(17(21)22)10-7-14-5-8-15(18)9-6-14;1-3-4-2;1-2-3-4;2*1-2-3(4)5/h14-16,19H,3-13,18H2,1-2H3,(H,21,22);3-4H2,1-2H3;2-4H2,1H3;2*2H2,1H3,(H,4,5). The molecule has 0 aromatic carbocycles. The minimum Gasteiger partial charge on any atom is -0.481 e. The largest absolute Gasteiger partial charge is 0.481 e. The van der Waals surface area contributed by atoms with Crippen LogP contribution in [0.5, 0.6) is 0 Å². The molecule has 0 bridgehead atoms. The molecule has 0 radical (unpaired) electrons. The predicted octanol–water partition coefficient (Wildman–Crippen LogP) is 5.18. The Morgan fingerprint density at radius 1 is 0.800 bits per heavy atom. The van der Waals surface area contributed by atoms with E-state index >= 15 is 0 Å². The van der Waals surface area contributed by atoms with Gasteiger partial charge in [0.05, 0.1) is 0 Å². The van der Waals surface area contributed by atoms with Gasteiger partial charge in [-0.05, 0) is 76.9 Å². The maximum absolute atomic E-state index is 11.4. The van der Waals surface area contributed by atoms with Gasteiger partial charge < -0.3 is 37.0 Å². The van der Waals surface area contributed by atoms with E-state index in [0.29, 0.717) is 12.0 Å². The van der Waals surface area contributed by atoms with Gasteiger partial charge >= 0.3 is 17.9 Å². The maximum atomic E-state index is 11.4. The van der Waals surface area contributed by atoms with Crippen molar-refractivity contribution in [1.82, 2.24) is 10.2 Å². The van der Waals surface area contributed by atoms with Crippen molar-refractivity contribution in [3.05, 3.63) is 0 Å². The molecule has 0 heterocycles. The first-order valence-electron chi connectivity index (χ1n) is 15.5. The Morgan fingerprint density at radius 2 is 1.25 bits per heavy atom. The van der Waals surface area contributed by atoms with E-state index < -0.39 is 23.9 Å². The number of aliphatic carboxylic acids is 3. The van der Waals surface area contributed by atoms with Crippen molar-refractivity contribution in [2.45, 2.75) is 138 Å². The van der Waals surface area contributed by atoms with Crippen LogP contribution in [-0.4, -0.2) is 82.9 Å². The van der Waals surface area contributed by atoms with Gasteiger partial charge in [-0.2, -0.15) is 0 Å². The molecule has 40 heavy (non-hydrogen) atoms. The maximum Gasteiger partial charge on any atom is 0.320 e. The fraction of sp³-hybridized carbons (Fsp3) is 0.900. The second-order valence-corrected chi connectivity index (χ2v) is 9.92. The highest BCUT2D eigenvalue weighted by Crippen LogP contribution is 2.27. The van der Waals surface area contributed by atoms with E-state index in [4.69, 9.17) is 21.7 Å². The second-order valence-electron chi connectivity index (χ2n) is 9.92. The molecule has 1 rings (SSSR count). The van der Waals surface area contributed by atoms with Gasteiger partial charge in [-0.1, -0.05) is 61.3 Å². The summed E-state index contributed by atoms with van der Waals surface area (Å²) in [7, 11) is 0. The summed E-state index contributed by atoms with van der Waals surface area (Å²) in [5.41, 5.74) is 10.9. The van der Waals surface area contributed by atoms with Crippen molar-refractivity contribution >= 4 is 17.9 Å². The Labute approximate surface area is 245 Å². The van der Waals surface area contributed by atoms with Gasteiger partial charge in [0.1, 0.15) is 6.04 Å². The zero-order valence-electron chi connectivity index (χ0n) is 26.9. The molecule has 0 spiro atoms. The van der Waals surface area contributed by atoms with Gasteiger partial charge in [0.15, 0.2) is 0 Å². The molecule has 0 aromatic rings. The zero-order chi connectivity index (χ0) is 31.8. The molecule has 1 aliphatic rings. The van der Waals surface area contributed by atoms with Crippen molar-refractivity contribution in [2.24, 2.45) is 17.4 Å². The van der Waals surface area contributed by atoms with E-state index in [1.165, 1.54) is 12.8 Å². The SMILES string of the molecule is CCC(=O)O.CCC(=O)O.CCCC.CCCN.CCCN(CC)CCNC(CCC1CCC(N)CC1)C(=O)O. The summed E-state index contributed by atoms with van der Waals surface area (Å²) in [5.74, 6) is -1.54. The monoisotopic (exact) mass is 578 g/mol. The Balaban J connectivity index is -0.000000291. The van der Waals surface area contributed by atoms with E-state index in [9.17, 15) is 19.5 Å². The third-order valence-electron chi connectivity index (χ3n) is 6.25. The molecule has 0 aromatic heterocycles. The predicted molar refractivity (Wildman–Crippen MR) is 167 cm³/mol. The Hall–Kier alpha value is -1.75. The van der Waals surface area contributed by atoms with Gasteiger partial charge in [-0.3, -0.25) is 14.4 Å². The lowest BCUT2D eigenvalue weighted by Gasteiger charge is -2.27. The molecule has 8 N–H and O–H groups in total. The Morgan fingerprint density at radius 3 is 1.55 bits per heavy atom. The highest BCUT2D eigenvalue weighted by atomic mass is 16.4. The number of nitrogens with one attached hydrogen (secondary N) is 1. The molecule has 0 amide bonds. The molecule has 0 aliphatic heterocycles. The number of nitrogens with two attached hydrogens (primary N) is 2. The molecule has 1 fully saturated rings. The van der Waals surface area contributed by atoms with Crippen LogP contribution in [0, 0.1) is 5.92 Å². The number of carboxylic acids is 3. The molecule has 10 nitrogen and oxygen atoms in total. The first-order valence-corrected chi connectivity index (χ1v) is 15.5. The fourth-order valence-corrected chi connectivity index (χ4v) is 3.33. The lowest BCUT2D eigenvalue weighted by molar-refractivity contribution is -0.140. The number of carboxylic acid groups (broad SMARTS) is 3. The first-order chi connectivity index (χ1) is 18.9. The second kappa shape index (κ2) is 35.3. The number of unbranched alkanes of at least 4 members (excludes halogenated alkanes) is 1. The number of carbonyl (C=O) groups is 3. The minimum absolute atomic E-state index is 0.222. The van der Waals surface area contributed by atoms with E-state index in [1.54, 1.807) is 13.8 Å². The summed E-state index contributed by atoms with van der Waals surface area (Å²) in [6.07, 6.45) is 11.6. The van der Waals surface area contributed by atoms with E-state index in [2.05, 4.69) is 44.8 Å². The van der Waals surface area contributed by atoms with Crippen molar-refractivity contribution < 1.29 is 29.7 Å². The van der Waals surface area contributed by atoms with Crippen LogP contribution in [0.15, 0.2) is 0 Å². The van der Waals surface area contributed by atoms with Crippen molar-refractivity contribution in [2.75, 3.05) is 32.7 Å². The van der Waals surface area contributed by atoms with Crippen LogP contribution in [-0.2, 0) is 14.4 Å². The summed E-state index contributed by atoms with van der Waals surface area (Å²) in [6.45, 7) is 18.5. The lowest BCUT2D eigenvalue weighted by Crippen LogP contribution is -2.42. The quantitative estimate of drug-likeness (QED) is 0.151. The number of nitrogens with zero attached hydrogens (tertiary/aromatic N) is 1. The van der Waals surface area contributed by atoms with Gasteiger partial charge in [0, 0.05) is 32.0 Å². The normalized spacial score (nSPS) is 16.4. The number of hydrogen-bond acceptors (Lipinski definition) is 7. The molecule has 1 saturated carbocycles. The molecule has 1 unspecified atom stereocenters. The molecule has 1 atom stereocenters. The zero-order valence-corrected chi connectivity index (χ0v) is 26.9. The van der Waals surface area contributed by atoms with Crippen LogP contribution in [0.4, 0.5) is 0 Å². The summed E-state index contributed by atoms with van der Waals surface area (Å²) in [5, 5.41) is 28.0. The van der Waals surface area contributed by atoms with Gasteiger partial charge in [-0.15, -0.1) is 0 Å². The van der Waals surface area contributed by atoms with Crippen molar-refractivity contribution in [3.63, 3.8) is 0 Å². The summed E-state index contributed by atoms with van der Waals surface area (Å²) in [4.78, 5) is 32.5. The third-order valence-corrected chi connectivity index (χ3v) is 6.25. The first kappa shape index (κ1) is 45.2. The third kappa shape index (κ3) is 38.4. The average Bonchev–Trinajstić information content (AvgIpc) is 2.95. The molecule has 0 saturated heterocycles. The van der Waals surface area contributed by atoms with Gasteiger partial charge in [0.25, 0.3) is 0 Å². The topological polar surface area (TPSA) is 179 Å². The molecular formula is C30H66N4O6. The smallest absolute Gasteiger partial charge is 0.320 e. The van der Waals surface area contributed by atoms with Crippen LogP contribution in [0.3, 0.4) is 0 Å². The Bertz CT molecular complexity index is 536. The van der Waals surface area contributed by atoms with E-state index in [1.807, 2.05) is 0 Å². The van der Waals surface area contributed by atoms with E-state index in [-0.39, 0.29) is 12.8 Å². The van der Waals surface area contributed by atoms with E-state index in [0.717, 1.165) is 84.1 Å². The van der Waals surface area contributed by atoms with Crippen molar-refractivity contribution in [3.8, 4) is 0 Å². The Kier molecular flexibility index (Phi) is 39.9. The van der Waals surface area contributed by atoms with Crippen LogP contribution >= 0.6 is 0 Å². The van der Waals surface area contributed by atoms with Crippen LogP contribution in [0.25, 0.3) is 0 Å².